The van der Waals surface area contributed by atoms with Gasteiger partial charge in [-0.1, -0.05) is 30.3 Å². The SMILES string of the molecule is [C-]1=Nc2ccccc2C1.[Y].[c-]1ccc(Oc2ncccc2C2CCC=CO2)cc1. The van der Waals surface area contributed by atoms with Crippen LogP contribution in [0.15, 0.2) is 84.2 Å². The van der Waals surface area contributed by atoms with Crippen molar-refractivity contribution in [2.45, 2.75) is 25.4 Å². The van der Waals surface area contributed by atoms with Crippen LogP contribution in [0.1, 0.15) is 30.1 Å². The molecule has 5 heteroatoms. The molecule has 5 rings (SSSR count). The Bertz CT molecular complexity index is 973. The fraction of sp³-hybridized carbons (Fsp3) is 0.167. The summed E-state index contributed by atoms with van der Waals surface area (Å²) in [5.74, 6) is 1.36. The third-order valence-corrected chi connectivity index (χ3v) is 4.44. The molecule has 1 aromatic heterocycles. The van der Waals surface area contributed by atoms with Gasteiger partial charge >= 0.3 is 0 Å². The molecule has 0 saturated heterocycles. The zero-order valence-electron chi connectivity index (χ0n) is 16.0. The molecular formula is C24H20N2O2Y-2. The van der Waals surface area contributed by atoms with Crippen LogP contribution < -0.4 is 4.74 Å². The van der Waals surface area contributed by atoms with Gasteiger partial charge in [0.2, 0.25) is 5.88 Å². The number of nitrogens with zero attached hydrogens (tertiary/aromatic N) is 2. The maximum absolute atomic E-state index is 5.83. The Balaban J connectivity index is 0.000000201. The second kappa shape index (κ2) is 11.0. The van der Waals surface area contributed by atoms with E-state index < -0.39 is 0 Å². The van der Waals surface area contributed by atoms with E-state index in [0.29, 0.717) is 5.88 Å². The molecule has 0 bridgehead atoms. The molecule has 0 amide bonds. The van der Waals surface area contributed by atoms with E-state index in [1.165, 1.54) is 5.56 Å². The topological polar surface area (TPSA) is 43.7 Å². The summed E-state index contributed by atoms with van der Waals surface area (Å²) in [5, 5.41) is 0. The molecule has 29 heavy (non-hydrogen) atoms. The molecule has 0 saturated carbocycles. The van der Waals surface area contributed by atoms with Gasteiger partial charge in [-0.25, -0.2) is 4.98 Å². The fourth-order valence-corrected chi connectivity index (χ4v) is 3.03. The van der Waals surface area contributed by atoms with Crippen molar-refractivity contribution in [2.75, 3.05) is 0 Å². The van der Waals surface area contributed by atoms with Gasteiger partial charge in [-0.3, -0.25) is 0 Å². The van der Waals surface area contributed by atoms with Crippen molar-refractivity contribution < 1.29 is 42.2 Å². The summed E-state index contributed by atoms with van der Waals surface area (Å²) in [7, 11) is 0. The summed E-state index contributed by atoms with van der Waals surface area (Å²) < 4.78 is 11.5. The molecule has 2 aliphatic heterocycles. The Labute approximate surface area is 196 Å². The molecule has 2 aliphatic rings. The summed E-state index contributed by atoms with van der Waals surface area (Å²) in [6.45, 7) is 0. The van der Waals surface area contributed by atoms with Gasteiger partial charge in [0.25, 0.3) is 0 Å². The number of para-hydroxylation sites is 1. The summed E-state index contributed by atoms with van der Waals surface area (Å²) in [5.41, 5.74) is 3.36. The van der Waals surface area contributed by atoms with Crippen LogP contribution in [0.4, 0.5) is 5.69 Å². The third-order valence-electron chi connectivity index (χ3n) is 4.44. The number of allylic oxidation sites excluding steroid dienone is 1. The predicted molar refractivity (Wildman–Crippen MR) is 109 cm³/mol. The van der Waals surface area contributed by atoms with E-state index in [9.17, 15) is 0 Å². The first-order valence-corrected chi connectivity index (χ1v) is 9.31. The maximum Gasteiger partial charge on any atom is 0.223 e. The Kier molecular flexibility index (Phi) is 8.15. The molecule has 143 valence electrons. The summed E-state index contributed by atoms with van der Waals surface area (Å²) in [6.07, 6.45) is 11.3. The van der Waals surface area contributed by atoms with Crippen molar-refractivity contribution >= 4 is 11.9 Å². The van der Waals surface area contributed by atoms with Crippen LogP contribution in [-0.2, 0) is 43.9 Å². The number of aromatic nitrogens is 1. The Hall–Kier alpha value is -2.30. The summed E-state index contributed by atoms with van der Waals surface area (Å²) in [6, 6.07) is 22.3. The van der Waals surface area contributed by atoms with E-state index in [4.69, 9.17) is 9.47 Å². The van der Waals surface area contributed by atoms with Gasteiger partial charge in [-0.05, 0) is 31.1 Å². The first-order chi connectivity index (χ1) is 13.9. The number of ether oxygens (including phenoxy) is 2. The minimum Gasteiger partial charge on any atom is -0.493 e. The van der Waals surface area contributed by atoms with Crippen molar-refractivity contribution in [1.82, 2.24) is 4.98 Å². The van der Waals surface area contributed by atoms with E-state index >= 15 is 0 Å². The van der Waals surface area contributed by atoms with Gasteiger partial charge in [0.15, 0.2) is 0 Å². The molecule has 1 radical (unpaired) electrons. The van der Waals surface area contributed by atoms with Crippen LogP contribution in [0.25, 0.3) is 0 Å². The van der Waals surface area contributed by atoms with Gasteiger partial charge in [0, 0.05) is 44.7 Å². The second-order valence-corrected chi connectivity index (χ2v) is 6.38. The number of hydrogen-bond donors (Lipinski definition) is 0. The maximum atomic E-state index is 5.83. The van der Waals surface area contributed by atoms with Crippen LogP contribution >= 0.6 is 0 Å². The average Bonchev–Trinajstić information content (AvgIpc) is 3.25. The Morgan fingerprint density at radius 1 is 1.03 bits per heavy atom. The standard InChI is InChI=1S/C16H14NO2.C8H6N.Y/c1-2-7-13(8-3-1)19-16-14(9-6-11-17-16)15-10-4-5-12-18-15;1-2-4-8-7(3-1)5-6-9-8;/h2-3,5-9,11-12,15H,4,10H2;1-4H,5H2;/q2*-1;. The number of rotatable bonds is 3. The molecule has 0 N–H and O–H groups in total. The van der Waals surface area contributed by atoms with Crippen molar-refractivity contribution in [3.05, 3.63) is 96.4 Å². The van der Waals surface area contributed by atoms with Crippen LogP contribution in [-0.4, -0.2) is 11.2 Å². The average molecular weight is 457 g/mol. The molecule has 3 aromatic rings. The quantitative estimate of drug-likeness (QED) is 0.463. The van der Waals surface area contributed by atoms with Gasteiger partial charge in [-0.2, -0.15) is 24.4 Å². The molecule has 0 fully saturated rings. The van der Waals surface area contributed by atoms with Crippen molar-refractivity contribution in [3.8, 4) is 11.6 Å². The van der Waals surface area contributed by atoms with Gasteiger partial charge in [0.1, 0.15) is 6.10 Å². The summed E-state index contributed by atoms with van der Waals surface area (Å²) >= 11 is 0. The molecule has 4 nitrogen and oxygen atoms in total. The van der Waals surface area contributed by atoms with Crippen LogP contribution in [0.3, 0.4) is 0 Å². The van der Waals surface area contributed by atoms with Crippen LogP contribution in [0.5, 0.6) is 11.6 Å². The van der Waals surface area contributed by atoms with Gasteiger partial charge in [0.05, 0.1) is 11.8 Å². The second-order valence-electron chi connectivity index (χ2n) is 6.38. The zero-order valence-corrected chi connectivity index (χ0v) is 18.8. The molecule has 2 aromatic carbocycles. The van der Waals surface area contributed by atoms with Crippen molar-refractivity contribution in [1.29, 1.82) is 0 Å². The first kappa shape index (κ1) is 21.4. The number of hydrogen-bond acceptors (Lipinski definition) is 4. The molecule has 1 unspecified atom stereocenters. The monoisotopic (exact) mass is 457 g/mol. The summed E-state index contributed by atoms with van der Waals surface area (Å²) in [4.78, 5) is 8.36. The third kappa shape index (κ3) is 5.85. The van der Waals surface area contributed by atoms with Gasteiger partial charge < -0.3 is 14.5 Å². The molecule has 0 aliphatic carbocycles. The number of pyridine rings is 1. The van der Waals surface area contributed by atoms with Crippen molar-refractivity contribution in [3.63, 3.8) is 0 Å². The van der Waals surface area contributed by atoms with E-state index in [1.54, 1.807) is 12.5 Å². The number of benzene rings is 2. The molecule has 3 heterocycles. The number of aliphatic imine (C=N–C) groups is 1. The largest absolute Gasteiger partial charge is 0.493 e. The normalized spacial score (nSPS) is 15.9. The molecule has 0 spiro atoms. The fourth-order valence-electron chi connectivity index (χ4n) is 3.03. The Morgan fingerprint density at radius 2 is 1.90 bits per heavy atom. The van der Waals surface area contributed by atoms with Crippen molar-refractivity contribution in [2.24, 2.45) is 4.99 Å². The van der Waals surface area contributed by atoms with Crippen LogP contribution in [0.2, 0.25) is 0 Å². The minimum absolute atomic E-state index is 0. The van der Waals surface area contributed by atoms with E-state index in [0.717, 1.165) is 36.3 Å². The van der Waals surface area contributed by atoms with E-state index in [1.807, 2.05) is 60.7 Å². The number of fused-ring (bicyclic) bond motifs is 1. The van der Waals surface area contributed by atoms with E-state index in [-0.39, 0.29) is 38.8 Å². The predicted octanol–water partition coefficient (Wildman–Crippen LogP) is 5.86. The van der Waals surface area contributed by atoms with Gasteiger partial charge in [-0.15, -0.1) is 23.8 Å². The Morgan fingerprint density at radius 3 is 2.69 bits per heavy atom. The molecule has 1 atom stereocenters. The minimum atomic E-state index is 0. The van der Waals surface area contributed by atoms with E-state index in [2.05, 4.69) is 28.3 Å². The smallest absolute Gasteiger partial charge is 0.223 e. The first-order valence-electron chi connectivity index (χ1n) is 9.31. The molecular weight excluding hydrogens is 437 g/mol. The zero-order chi connectivity index (χ0) is 19.0. The van der Waals surface area contributed by atoms with Crippen LogP contribution in [0, 0.1) is 6.07 Å².